The van der Waals surface area contributed by atoms with Gasteiger partial charge in [-0.15, -0.1) is 0 Å². The third kappa shape index (κ3) is 6.04. The molecule has 182 valence electrons. The Morgan fingerprint density at radius 1 is 1.06 bits per heavy atom. The van der Waals surface area contributed by atoms with Gasteiger partial charge in [-0.1, -0.05) is 0 Å². The molecule has 0 atom stereocenters. The summed E-state index contributed by atoms with van der Waals surface area (Å²) in [5.41, 5.74) is 3.02. The molecule has 0 saturated heterocycles. The maximum absolute atomic E-state index is 12.4. The summed E-state index contributed by atoms with van der Waals surface area (Å²) in [6, 6.07) is 12.3. The number of nitrogens with zero attached hydrogens (tertiary/aromatic N) is 3. The number of ether oxygens (including phenoxy) is 1. The zero-order chi connectivity index (χ0) is 24.8. The number of anilines is 1. The van der Waals surface area contributed by atoms with Crippen LogP contribution in [0.15, 0.2) is 57.5 Å². The molecule has 3 aromatic heterocycles. The van der Waals surface area contributed by atoms with Gasteiger partial charge in [0.05, 0.1) is 6.54 Å². The smallest absolute Gasteiger partial charge is 0.291 e. The molecule has 0 spiro atoms. The van der Waals surface area contributed by atoms with E-state index in [9.17, 15) is 9.59 Å². The van der Waals surface area contributed by atoms with E-state index in [0.717, 1.165) is 11.3 Å². The van der Waals surface area contributed by atoms with Crippen molar-refractivity contribution in [1.82, 2.24) is 20.1 Å². The number of rotatable bonds is 10. The molecule has 0 saturated carbocycles. The molecule has 0 aliphatic carbocycles. The summed E-state index contributed by atoms with van der Waals surface area (Å²) in [7, 11) is 1.56. The first kappa shape index (κ1) is 24.0. The highest BCUT2D eigenvalue weighted by atomic mass is 16.5. The summed E-state index contributed by atoms with van der Waals surface area (Å²) in [6.45, 7) is 4.85. The molecule has 35 heavy (non-hydrogen) atoms. The zero-order valence-corrected chi connectivity index (χ0v) is 19.8. The third-order valence-electron chi connectivity index (χ3n) is 5.39. The van der Waals surface area contributed by atoms with E-state index < -0.39 is 0 Å². The summed E-state index contributed by atoms with van der Waals surface area (Å²) in [5.74, 6) is 1.41. The van der Waals surface area contributed by atoms with E-state index in [-0.39, 0.29) is 24.1 Å². The Morgan fingerprint density at radius 3 is 2.57 bits per heavy atom. The molecule has 10 nitrogen and oxygen atoms in total. The van der Waals surface area contributed by atoms with Gasteiger partial charge in [-0.2, -0.15) is 5.10 Å². The fourth-order valence-electron chi connectivity index (χ4n) is 3.44. The first-order chi connectivity index (χ1) is 16.9. The van der Waals surface area contributed by atoms with Crippen molar-refractivity contribution in [2.45, 2.75) is 40.0 Å². The van der Waals surface area contributed by atoms with E-state index in [1.165, 1.54) is 0 Å². The number of hydrogen-bond donors (Lipinski definition) is 2. The van der Waals surface area contributed by atoms with Crippen LogP contribution in [-0.2, 0) is 29.2 Å². The zero-order valence-electron chi connectivity index (χ0n) is 19.8. The van der Waals surface area contributed by atoms with Gasteiger partial charge >= 0.3 is 0 Å². The predicted molar refractivity (Wildman–Crippen MR) is 127 cm³/mol. The molecule has 4 aromatic rings. The van der Waals surface area contributed by atoms with E-state index in [4.69, 9.17) is 13.6 Å². The van der Waals surface area contributed by atoms with Crippen molar-refractivity contribution in [3.63, 3.8) is 0 Å². The minimum absolute atomic E-state index is 0.0881. The number of aryl methyl sites for hydroxylation is 3. The van der Waals surface area contributed by atoms with Crippen LogP contribution < -0.4 is 10.6 Å². The van der Waals surface area contributed by atoms with Crippen LogP contribution in [0.2, 0.25) is 0 Å². The number of carbonyl (C=O) groups excluding carboxylic acids is 2. The molecular formula is C25H27N5O5. The lowest BCUT2D eigenvalue weighted by Crippen LogP contribution is -2.24. The number of aromatic nitrogens is 3. The van der Waals surface area contributed by atoms with Gasteiger partial charge in [-0.3, -0.25) is 14.3 Å². The molecule has 0 radical (unpaired) electrons. The highest BCUT2D eigenvalue weighted by Crippen LogP contribution is 2.24. The SMILES string of the molecule is COCc1ccc(C(=O)Nc2ccc(-c3nc(CNC(=O)CCn4nccc4C)c(C)o3)cc2)o1. The van der Waals surface area contributed by atoms with Gasteiger partial charge in [-0.25, -0.2) is 4.98 Å². The molecule has 0 aliphatic heterocycles. The monoisotopic (exact) mass is 477 g/mol. The normalized spacial score (nSPS) is 10.9. The highest BCUT2D eigenvalue weighted by molar-refractivity contribution is 6.02. The Hall–Kier alpha value is -4.18. The summed E-state index contributed by atoms with van der Waals surface area (Å²) in [6.07, 6.45) is 2.04. The second-order valence-electron chi connectivity index (χ2n) is 7.97. The summed E-state index contributed by atoms with van der Waals surface area (Å²) in [4.78, 5) is 29.1. The van der Waals surface area contributed by atoms with Gasteiger partial charge in [-0.05, 0) is 56.3 Å². The Morgan fingerprint density at radius 2 is 1.86 bits per heavy atom. The van der Waals surface area contributed by atoms with Crippen molar-refractivity contribution in [1.29, 1.82) is 0 Å². The van der Waals surface area contributed by atoms with Crippen LogP contribution in [0.3, 0.4) is 0 Å². The van der Waals surface area contributed by atoms with Crippen LogP contribution in [0.25, 0.3) is 11.5 Å². The van der Waals surface area contributed by atoms with Gasteiger partial charge in [0.2, 0.25) is 11.8 Å². The summed E-state index contributed by atoms with van der Waals surface area (Å²) in [5, 5.41) is 9.84. The van der Waals surface area contributed by atoms with E-state index in [1.807, 2.05) is 13.0 Å². The Balaban J connectivity index is 1.31. The van der Waals surface area contributed by atoms with Crippen molar-refractivity contribution in [2.75, 3.05) is 12.4 Å². The molecule has 0 fully saturated rings. The number of amides is 2. The van der Waals surface area contributed by atoms with Crippen LogP contribution in [0.1, 0.15) is 39.9 Å². The van der Waals surface area contributed by atoms with Crippen molar-refractivity contribution in [2.24, 2.45) is 0 Å². The molecule has 2 N–H and O–H groups in total. The van der Waals surface area contributed by atoms with Crippen molar-refractivity contribution < 1.29 is 23.2 Å². The molecule has 0 bridgehead atoms. The quantitative estimate of drug-likeness (QED) is 0.355. The standard InChI is InChI=1S/C25H27N5O5/c1-16-10-12-27-30(16)13-11-23(31)26-14-21-17(2)34-25(29-21)18-4-6-19(7-5-18)28-24(32)22-9-8-20(35-22)15-33-3/h4-10,12H,11,13-15H2,1-3H3,(H,26,31)(H,28,32). The Bertz CT molecular complexity index is 1300. The van der Waals surface area contributed by atoms with Gasteiger partial charge in [0, 0.05) is 43.2 Å². The van der Waals surface area contributed by atoms with E-state index in [0.29, 0.717) is 48.4 Å². The van der Waals surface area contributed by atoms with Crippen molar-refractivity contribution in [3.05, 3.63) is 77.3 Å². The molecular weight excluding hydrogens is 450 g/mol. The molecule has 1 aromatic carbocycles. The minimum Gasteiger partial charge on any atom is -0.453 e. The second-order valence-corrected chi connectivity index (χ2v) is 7.97. The lowest BCUT2D eigenvalue weighted by molar-refractivity contribution is -0.121. The van der Waals surface area contributed by atoms with Crippen LogP contribution in [0.4, 0.5) is 5.69 Å². The average Bonchev–Trinajstić information content (AvgIpc) is 3.57. The maximum atomic E-state index is 12.4. The second kappa shape index (κ2) is 10.8. The molecule has 4 rings (SSSR count). The van der Waals surface area contributed by atoms with Crippen LogP contribution >= 0.6 is 0 Å². The minimum atomic E-state index is -0.354. The molecule has 3 heterocycles. The number of carbonyl (C=O) groups is 2. The van der Waals surface area contributed by atoms with Gasteiger partial charge in [0.25, 0.3) is 5.91 Å². The predicted octanol–water partition coefficient (Wildman–Crippen LogP) is 3.85. The average molecular weight is 478 g/mol. The van der Waals surface area contributed by atoms with E-state index in [2.05, 4.69) is 20.7 Å². The van der Waals surface area contributed by atoms with E-state index in [1.54, 1.807) is 61.3 Å². The summed E-state index contributed by atoms with van der Waals surface area (Å²) < 4.78 is 18.0. The number of hydrogen-bond acceptors (Lipinski definition) is 7. The number of benzene rings is 1. The van der Waals surface area contributed by atoms with Gasteiger partial charge in [0.15, 0.2) is 5.76 Å². The fourth-order valence-corrected chi connectivity index (χ4v) is 3.44. The van der Waals surface area contributed by atoms with Crippen molar-refractivity contribution >= 4 is 17.5 Å². The lowest BCUT2D eigenvalue weighted by atomic mass is 10.2. The molecule has 0 aliphatic rings. The largest absolute Gasteiger partial charge is 0.453 e. The number of oxazole rings is 1. The molecule has 0 unspecified atom stereocenters. The lowest BCUT2D eigenvalue weighted by Gasteiger charge is -2.05. The molecule has 2 amide bonds. The first-order valence-corrected chi connectivity index (χ1v) is 11.1. The fraction of sp³-hybridized carbons (Fsp3) is 0.280. The number of furan rings is 1. The maximum Gasteiger partial charge on any atom is 0.291 e. The van der Waals surface area contributed by atoms with Crippen LogP contribution in [0.5, 0.6) is 0 Å². The van der Waals surface area contributed by atoms with Crippen LogP contribution in [0, 0.1) is 13.8 Å². The third-order valence-corrected chi connectivity index (χ3v) is 5.39. The van der Waals surface area contributed by atoms with E-state index >= 15 is 0 Å². The Kier molecular flexibility index (Phi) is 7.41. The number of nitrogens with one attached hydrogen (secondary N) is 2. The van der Waals surface area contributed by atoms with Crippen molar-refractivity contribution in [3.8, 4) is 11.5 Å². The van der Waals surface area contributed by atoms with Gasteiger partial charge < -0.3 is 24.2 Å². The van der Waals surface area contributed by atoms with Gasteiger partial charge in [0.1, 0.15) is 23.8 Å². The topological polar surface area (TPSA) is 124 Å². The molecule has 10 heteroatoms. The highest BCUT2D eigenvalue weighted by Gasteiger charge is 2.14. The first-order valence-electron chi connectivity index (χ1n) is 11.1. The number of methoxy groups -OCH3 is 1. The van der Waals surface area contributed by atoms with Crippen LogP contribution in [-0.4, -0.2) is 33.7 Å². The Labute approximate surface area is 202 Å². The summed E-state index contributed by atoms with van der Waals surface area (Å²) >= 11 is 0.